The van der Waals surface area contributed by atoms with Gasteiger partial charge in [-0.1, -0.05) is 12.1 Å². The molecular formula is C15H18N2O2. The number of likely N-dealkylation sites (tertiary alicyclic amines) is 1. The summed E-state index contributed by atoms with van der Waals surface area (Å²) in [5.74, 6) is -0.131. The summed E-state index contributed by atoms with van der Waals surface area (Å²) < 4.78 is 4.82. The Labute approximate surface area is 113 Å². The van der Waals surface area contributed by atoms with Crippen LogP contribution in [-0.4, -0.2) is 31.1 Å². The van der Waals surface area contributed by atoms with E-state index in [9.17, 15) is 4.79 Å². The van der Waals surface area contributed by atoms with Gasteiger partial charge in [0.05, 0.1) is 24.7 Å². The number of piperidine rings is 1. The van der Waals surface area contributed by atoms with Crippen LogP contribution >= 0.6 is 0 Å². The molecule has 1 fully saturated rings. The van der Waals surface area contributed by atoms with Crippen LogP contribution in [0.3, 0.4) is 0 Å². The monoisotopic (exact) mass is 258 g/mol. The van der Waals surface area contributed by atoms with Gasteiger partial charge in [0.15, 0.2) is 0 Å². The fraction of sp³-hybridized carbons (Fsp3) is 0.467. The highest BCUT2D eigenvalue weighted by atomic mass is 16.5. The van der Waals surface area contributed by atoms with Crippen molar-refractivity contribution in [3.63, 3.8) is 0 Å². The summed E-state index contributed by atoms with van der Waals surface area (Å²) in [6.45, 7) is 2.51. The van der Waals surface area contributed by atoms with Crippen LogP contribution in [0.25, 0.3) is 0 Å². The third kappa shape index (κ3) is 3.55. The highest BCUT2D eigenvalue weighted by Gasteiger charge is 2.26. The Hall–Kier alpha value is -1.86. The van der Waals surface area contributed by atoms with Crippen molar-refractivity contribution in [2.24, 2.45) is 5.92 Å². The standard InChI is InChI=1S/C15H18N2O2/c1-19-15(18)14-6-3-7-17(11-14)10-13-5-2-4-12(8-13)9-16/h2,4-5,8,14H,3,6-7,10-11H2,1H3. The lowest BCUT2D eigenvalue weighted by Crippen LogP contribution is -2.38. The number of ether oxygens (including phenoxy) is 1. The van der Waals surface area contributed by atoms with Crippen molar-refractivity contribution in [1.82, 2.24) is 4.90 Å². The van der Waals surface area contributed by atoms with Crippen LogP contribution < -0.4 is 0 Å². The van der Waals surface area contributed by atoms with Gasteiger partial charge in [-0.2, -0.15) is 5.26 Å². The maximum atomic E-state index is 11.6. The molecule has 1 aromatic rings. The number of hydrogen-bond donors (Lipinski definition) is 0. The number of rotatable bonds is 3. The molecule has 0 amide bonds. The number of nitriles is 1. The molecule has 0 N–H and O–H groups in total. The van der Waals surface area contributed by atoms with E-state index >= 15 is 0 Å². The second-order valence-electron chi connectivity index (χ2n) is 4.91. The third-order valence-electron chi connectivity index (χ3n) is 3.50. The average Bonchev–Trinajstić information content (AvgIpc) is 2.47. The number of esters is 1. The minimum absolute atomic E-state index is 0.0158. The molecule has 0 aromatic heterocycles. The molecule has 1 aromatic carbocycles. The Morgan fingerprint density at radius 3 is 3.16 bits per heavy atom. The molecule has 0 aliphatic carbocycles. The second kappa shape index (κ2) is 6.35. The van der Waals surface area contributed by atoms with Crippen molar-refractivity contribution in [3.05, 3.63) is 35.4 Å². The lowest BCUT2D eigenvalue weighted by molar-refractivity contribution is -0.147. The normalized spacial score (nSPS) is 19.7. The van der Waals surface area contributed by atoms with E-state index in [1.54, 1.807) is 6.07 Å². The smallest absolute Gasteiger partial charge is 0.309 e. The quantitative estimate of drug-likeness (QED) is 0.777. The SMILES string of the molecule is COC(=O)C1CCCN(Cc2cccc(C#N)c2)C1. The van der Waals surface area contributed by atoms with Gasteiger partial charge in [0.2, 0.25) is 0 Å². The highest BCUT2D eigenvalue weighted by Crippen LogP contribution is 2.19. The molecule has 1 heterocycles. The summed E-state index contributed by atoms with van der Waals surface area (Å²) in [7, 11) is 1.44. The number of hydrogen-bond acceptors (Lipinski definition) is 4. The highest BCUT2D eigenvalue weighted by molar-refractivity contribution is 5.72. The van der Waals surface area contributed by atoms with Crippen LogP contribution in [0.4, 0.5) is 0 Å². The van der Waals surface area contributed by atoms with Crippen molar-refractivity contribution in [2.75, 3.05) is 20.2 Å². The molecule has 1 atom stereocenters. The summed E-state index contributed by atoms with van der Waals surface area (Å²) >= 11 is 0. The predicted molar refractivity (Wildman–Crippen MR) is 71.2 cm³/mol. The largest absolute Gasteiger partial charge is 0.469 e. The van der Waals surface area contributed by atoms with E-state index in [2.05, 4.69) is 11.0 Å². The summed E-state index contributed by atoms with van der Waals surface area (Å²) in [5.41, 5.74) is 1.79. The van der Waals surface area contributed by atoms with Gasteiger partial charge in [0.25, 0.3) is 0 Å². The molecule has 1 aliphatic rings. The molecule has 1 unspecified atom stereocenters. The molecule has 19 heavy (non-hydrogen) atoms. The molecule has 4 heteroatoms. The van der Waals surface area contributed by atoms with Crippen LogP contribution in [0.1, 0.15) is 24.0 Å². The van der Waals surface area contributed by atoms with Gasteiger partial charge in [-0.05, 0) is 37.1 Å². The molecule has 100 valence electrons. The number of carbonyl (C=O) groups is 1. The molecular weight excluding hydrogens is 240 g/mol. The van der Waals surface area contributed by atoms with Crippen molar-refractivity contribution in [2.45, 2.75) is 19.4 Å². The maximum absolute atomic E-state index is 11.6. The Morgan fingerprint density at radius 2 is 2.42 bits per heavy atom. The lowest BCUT2D eigenvalue weighted by atomic mass is 9.97. The molecule has 1 saturated heterocycles. The number of benzene rings is 1. The number of nitrogens with zero attached hydrogens (tertiary/aromatic N) is 2. The van der Waals surface area contributed by atoms with Crippen LogP contribution in [0.5, 0.6) is 0 Å². The van der Waals surface area contributed by atoms with E-state index in [4.69, 9.17) is 10.00 Å². The summed E-state index contributed by atoms with van der Waals surface area (Å²) in [6.07, 6.45) is 1.92. The van der Waals surface area contributed by atoms with E-state index in [1.807, 2.05) is 18.2 Å². The number of methoxy groups -OCH3 is 1. The molecule has 1 aliphatic heterocycles. The maximum Gasteiger partial charge on any atom is 0.309 e. The first-order valence-electron chi connectivity index (χ1n) is 6.52. The van der Waals surface area contributed by atoms with Gasteiger partial charge in [-0.25, -0.2) is 0 Å². The lowest BCUT2D eigenvalue weighted by Gasteiger charge is -2.31. The first-order valence-corrected chi connectivity index (χ1v) is 6.52. The third-order valence-corrected chi connectivity index (χ3v) is 3.50. The van der Waals surface area contributed by atoms with Gasteiger partial charge in [-0.15, -0.1) is 0 Å². The zero-order valence-corrected chi connectivity index (χ0v) is 11.1. The molecule has 0 bridgehead atoms. The van der Waals surface area contributed by atoms with E-state index in [0.717, 1.165) is 38.0 Å². The molecule has 0 spiro atoms. The van der Waals surface area contributed by atoms with Gasteiger partial charge in [0, 0.05) is 13.1 Å². The Kier molecular flexibility index (Phi) is 4.53. The van der Waals surface area contributed by atoms with E-state index in [1.165, 1.54) is 7.11 Å². The molecule has 2 rings (SSSR count). The van der Waals surface area contributed by atoms with E-state index in [-0.39, 0.29) is 11.9 Å². The first-order chi connectivity index (χ1) is 9.22. The zero-order chi connectivity index (χ0) is 13.7. The van der Waals surface area contributed by atoms with Crippen molar-refractivity contribution in [1.29, 1.82) is 5.26 Å². The van der Waals surface area contributed by atoms with Crippen LogP contribution in [0.2, 0.25) is 0 Å². The van der Waals surface area contributed by atoms with Crippen molar-refractivity contribution in [3.8, 4) is 6.07 Å². The van der Waals surface area contributed by atoms with E-state index in [0.29, 0.717) is 5.56 Å². The van der Waals surface area contributed by atoms with Crippen molar-refractivity contribution >= 4 is 5.97 Å². The minimum Gasteiger partial charge on any atom is -0.469 e. The molecule has 0 radical (unpaired) electrons. The fourth-order valence-corrected chi connectivity index (χ4v) is 2.56. The molecule has 0 saturated carbocycles. The zero-order valence-electron chi connectivity index (χ0n) is 11.1. The van der Waals surface area contributed by atoms with Gasteiger partial charge in [-0.3, -0.25) is 9.69 Å². The topological polar surface area (TPSA) is 53.3 Å². The van der Waals surface area contributed by atoms with Crippen LogP contribution in [0.15, 0.2) is 24.3 Å². The Bertz CT molecular complexity index is 493. The van der Waals surface area contributed by atoms with E-state index < -0.39 is 0 Å². The summed E-state index contributed by atoms with van der Waals surface area (Å²) in [6, 6.07) is 9.77. The average molecular weight is 258 g/mol. The minimum atomic E-state index is -0.115. The van der Waals surface area contributed by atoms with Gasteiger partial charge < -0.3 is 4.74 Å². The predicted octanol–water partition coefficient (Wildman–Crippen LogP) is 1.94. The fourth-order valence-electron chi connectivity index (χ4n) is 2.56. The van der Waals surface area contributed by atoms with Crippen LogP contribution in [-0.2, 0) is 16.1 Å². The second-order valence-corrected chi connectivity index (χ2v) is 4.91. The first kappa shape index (κ1) is 13.6. The summed E-state index contributed by atoms with van der Waals surface area (Å²) in [4.78, 5) is 13.8. The van der Waals surface area contributed by atoms with Crippen LogP contribution in [0, 0.1) is 17.2 Å². The van der Waals surface area contributed by atoms with Gasteiger partial charge >= 0.3 is 5.97 Å². The number of carbonyl (C=O) groups excluding carboxylic acids is 1. The summed E-state index contributed by atoms with van der Waals surface area (Å²) in [5, 5.41) is 8.89. The Morgan fingerprint density at radius 1 is 1.58 bits per heavy atom. The van der Waals surface area contributed by atoms with Crippen molar-refractivity contribution < 1.29 is 9.53 Å². The van der Waals surface area contributed by atoms with Gasteiger partial charge in [0.1, 0.15) is 0 Å². The molecule has 4 nitrogen and oxygen atoms in total. The Balaban J connectivity index is 1.98.